The normalized spacial score (nSPS) is 16.2. The molecule has 1 aromatic carbocycles. The van der Waals surface area contributed by atoms with E-state index < -0.39 is 5.54 Å². The summed E-state index contributed by atoms with van der Waals surface area (Å²) in [5, 5.41) is 5.74. The van der Waals surface area contributed by atoms with Gasteiger partial charge in [0, 0.05) is 24.8 Å². The average Bonchev–Trinajstić information content (AvgIpc) is 2.47. The van der Waals surface area contributed by atoms with E-state index in [4.69, 9.17) is 5.73 Å². The second kappa shape index (κ2) is 6.79. The Hall–Kier alpha value is -2.08. The van der Waals surface area contributed by atoms with E-state index in [1.54, 1.807) is 18.7 Å². The Morgan fingerprint density at radius 1 is 1.18 bits per heavy atom. The van der Waals surface area contributed by atoms with Gasteiger partial charge in [-0.25, -0.2) is 4.79 Å². The van der Waals surface area contributed by atoms with Crippen molar-refractivity contribution in [3.8, 4) is 0 Å². The van der Waals surface area contributed by atoms with Gasteiger partial charge in [0.15, 0.2) is 0 Å². The molecular formula is C16H24N4O2. The number of benzene rings is 1. The standard InChI is InChI=1S/C16H24N4O2/c1-16(2,17)14(21)20-10-8-13(9-11-20)19-15(22)18-12-6-4-3-5-7-12/h3-7,13H,8-11,17H2,1-2H3,(H2,18,19,22). The summed E-state index contributed by atoms with van der Waals surface area (Å²) in [6, 6.07) is 9.18. The number of nitrogens with two attached hydrogens (primary N) is 1. The van der Waals surface area contributed by atoms with Crippen LogP contribution in [0.15, 0.2) is 30.3 Å². The fraction of sp³-hybridized carbons (Fsp3) is 0.500. The van der Waals surface area contributed by atoms with Crippen molar-refractivity contribution in [1.29, 1.82) is 0 Å². The molecular weight excluding hydrogens is 280 g/mol. The zero-order valence-electron chi connectivity index (χ0n) is 13.1. The SMILES string of the molecule is CC(C)(N)C(=O)N1CCC(NC(=O)Nc2ccccc2)CC1. The van der Waals surface area contributed by atoms with Gasteiger partial charge in [-0.05, 0) is 38.8 Å². The van der Waals surface area contributed by atoms with Crippen molar-refractivity contribution < 1.29 is 9.59 Å². The van der Waals surface area contributed by atoms with Crippen molar-refractivity contribution in [1.82, 2.24) is 10.2 Å². The smallest absolute Gasteiger partial charge is 0.319 e. The van der Waals surface area contributed by atoms with E-state index in [2.05, 4.69) is 10.6 Å². The highest BCUT2D eigenvalue weighted by Gasteiger charge is 2.31. The quantitative estimate of drug-likeness (QED) is 0.791. The first-order valence-electron chi connectivity index (χ1n) is 7.57. The number of carbonyl (C=O) groups excluding carboxylic acids is 2. The van der Waals surface area contributed by atoms with Gasteiger partial charge in [-0.1, -0.05) is 18.2 Å². The molecule has 120 valence electrons. The van der Waals surface area contributed by atoms with E-state index >= 15 is 0 Å². The molecule has 0 aliphatic carbocycles. The number of nitrogens with zero attached hydrogens (tertiary/aromatic N) is 1. The number of likely N-dealkylation sites (tertiary alicyclic amines) is 1. The first kappa shape index (κ1) is 16.3. The maximum Gasteiger partial charge on any atom is 0.319 e. The van der Waals surface area contributed by atoms with Crippen LogP contribution in [0.5, 0.6) is 0 Å². The van der Waals surface area contributed by atoms with Crippen LogP contribution in [0.3, 0.4) is 0 Å². The zero-order chi connectivity index (χ0) is 16.2. The van der Waals surface area contributed by atoms with Crippen molar-refractivity contribution in [2.24, 2.45) is 5.73 Å². The molecule has 0 aromatic heterocycles. The highest BCUT2D eigenvalue weighted by Crippen LogP contribution is 2.14. The second-order valence-corrected chi connectivity index (χ2v) is 6.25. The summed E-state index contributed by atoms with van der Waals surface area (Å²) in [6.07, 6.45) is 1.48. The van der Waals surface area contributed by atoms with Gasteiger partial charge in [-0.15, -0.1) is 0 Å². The molecule has 0 saturated carbocycles. The molecule has 1 heterocycles. The summed E-state index contributed by atoms with van der Waals surface area (Å²) in [5.74, 6) is -0.0420. The highest BCUT2D eigenvalue weighted by molar-refractivity contribution is 5.89. The fourth-order valence-corrected chi connectivity index (χ4v) is 2.51. The molecule has 4 N–H and O–H groups in total. The Kier molecular flexibility index (Phi) is 5.03. The molecule has 2 rings (SSSR count). The van der Waals surface area contributed by atoms with Gasteiger partial charge in [-0.2, -0.15) is 0 Å². The van der Waals surface area contributed by atoms with Crippen LogP contribution in [0.1, 0.15) is 26.7 Å². The van der Waals surface area contributed by atoms with Crippen LogP contribution in [0.25, 0.3) is 0 Å². The van der Waals surface area contributed by atoms with Gasteiger partial charge >= 0.3 is 6.03 Å². The molecule has 3 amide bonds. The van der Waals surface area contributed by atoms with E-state index in [0.29, 0.717) is 13.1 Å². The Balaban J connectivity index is 1.78. The summed E-state index contributed by atoms with van der Waals surface area (Å²) in [6.45, 7) is 4.67. The van der Waals surface area contributed by atoms with E-state index in [1.165, 1.54) is 0 Å². The molecule has 22 heavy (non-hydrogen) atoms. The van der Waals surface area contributed by atoms with Gasteiger partial charge in [0.25, 0.3) is 0 Å². The van der Waals surface area contributed by atoms with Gasteiger partial charge < -0.3 is 21.3 Å². The first-order chi connectivity index (χ1) is 10.4. The van der Waals surface area contributed by atoms with E-state index in [1.807, 2.05) is 30.3 Å². The minimum Gasteiger partial charge on any atom is -0.341 e. The lowest BCUT2D eigenvalue weighted by Crippen LogP contribution is -2.55. The number of carbonyl (C=O) groups is 2. The highest BCUT2D eigenvalue weighted by atomic mass is 16.2. The molecule has 0 bridgehead atoms. The summed E-state index contributed by atoms with van der Waals surface area (Å²) in [7, 11) is 0. The third-order valence-electron chi connectivity index (χ3n) is 3.70. The molecule has 0 spiro atoms. The minimum absolute atomic E-state index is 0.0420. The predicted octanol–water partition coefficient (Wildman–Crippen LogP) is 1.54. The summed E-state index contributed by atoms with van der Waals surface area (Å²) < 4.78 is 0. The molecule has 1 saturated heterocycles. The summed E-state index contributed by atoms with van der Waals surface area (Å²) in [4.78, 5) is 25.8. The number of hydrogen-bond donors (Lipinski definition) is 3. The van der Waals surface area contributed by atoms with E-state index in [-0.39, 0.29) is 18.0 Å². The largest absolute Gasteiger partial charge is 0.341 e. The number of rotatable bonds is 3. The number of amides is 3. The van der Waals surface area contributed by atoms with Crippen LogP contribution < -0.4 is 16.4 Å². The van der Waals surface area contributed by atoms with Gasteiger partial charge in [0.1, 0.15) is 0 Å². The van der Waals surface area contributed by atoms with Crippen LogP contribution >= 0.6 is 0 Å². The molecule has 6 nitrogen and oxygen atoms in total. The summed E-state index contributed by atoms with van der Waals surface area (Å²) in [5.41, 5.74) is 5.76. The van der Waals surface area contributed by atoms with E-state index in [9.17, 15) is 9.59 Å². The molecule has 0 radical (unpaired) electrons. The van der Waals surface area contributed by atoms with Gasteiger partial charge in [0.2, 0.25) is 5.91 Å². The number of piperidine rings is 1. The van der Waals surface area contributed by atoms with Crippen LogP contribution in [-0.4, -0.2) is 41.5 Å². The maximum absolute atomic E-state index is 12.1. The third kappa shape index (κ3) is 4.46. The Labute approximate surface area is 131 Å². The Morgan fingerprint density at radius 2 is 1.77 bits per heavy atom. The monoisotopic (exact) mass is 304 g/mol. The van der Waals surface area contributed by atoms with Crippen molar-refractivity contribution in [2.45, 2.75) is 38.3 Å². The molecule has 6 heteroatoms. The lowest BCUT2D eigenvalue weighted by Gasteiger charge is -2.35. The molecule has 1 aliphatic rings. The first-order valence-corrected chi connectivity index (χ1v) is 7.57. The lowest BCUT2D eigenvalue weighted by atomic mass is 10.0. The van der Waals surface area contributed by atoms with Crippen LogP contribution in [-0.2, 0) is 4.79 Å². The number of anilines is 1. The zero-order valence-corrected chi connectivity index (χ0v) is 13.1. The van der Waals surface area contributed by atoms with Crippen LogP contribution in [0.4, 0.5) is 10.5 Å². The maximum atomic E-state index is 12.1. The lowest BCUT2D eigenvalue weighted by molar-refractivity contribution is -0.136. The van der Waals surface area contributed by atoms with Crippen molar-refractivity contribution in [3.05, 3.63) is 30.3 Å². The number of para-hydroxylation sites is 1. The number of nitrogens with one attached hydrogen (secondary N) is 2. The topological polar surface area (TPSA) is 87.5 Å². The van der Waals surface area contributed by atoms with Crippen molar-refractivity contribution in [2.75, 3.05) is 18.4 Å². The minimum atomic E-state index is -0.842. The van der Waals surface area contributed by atoms with Crippen LogP contribution in [0, 0.1) is 0 Å². The molecule has 1 aromatic rings. The van der Waals surface area contributed by atoms with Crippen molar-refractivity contribution in [3.63, 3.8) is 0 Å². The second-order valence-electron chi connectivity index (χ2n) is 6.25. The molecule has 1 fully saturated rings. The predicted molar refractivity (Wildman–Crippen MR) is 86.5 cm³/mol. The van der Waals surface area contributed by atoms with E-state index in [0.717, 1.165) is 18.5 Å². The van der Waals surface area contributed by atoms with Gasteiger partial charge in [0.05, 0.1) is 5.54 Å². The number of urea groups is 1. The molecule has 0 atom stereocenters. The average molecular weight is 304 g/mol. The number of hydrogen-bond acceptors (Lipinski definition) is 3. The fourth-order valence-electron chi connectivity index (χ4n) is 2.51. The molecule has 0 unspecified atom stereocenters. The van der Waals surface area contributed by atoms with Crippen LogP contribution in [0.2, 0.25) is 0 Å². The molecule has 1 aliphatic heterocycles. The van der Waals surface area contributed by atoms with Crippen molar-refractivity contribution >= 4 is 17.6 Å². The third-order valence-corrected chi connectivity index (χ3v) is 3.70. The van der Waals surface area contributed by atoms with Gasteiger partial charge in [-0.3, -0.25) is 4.79 Å². The summed E-state index contributed by atoms with van der Waals surface area (Å²) >= 11 is 0. The Bertz CT molecular complexity index is 517. The Morgan fingerprint density at radius 3 is 2.32 bits per heavy atom.